The number of fused-ring (bicyclic) bond motifs is 1. The molecule has 0 radical (unpaired) electrons. The highest BCUT2D eigenvalue weighted by molar-refractivity contribution is 5.83. The molecule has 1 amide bonds. The number of imidazole rings is 1. The Hall–Kier alpha value is -1.85. The number of aromatic amines is 1. The summed E-state index contributed by atoms with van der Waals surface area (Å²) >= 11 is 0. The van der Waals surface area contributed by atoms with Crippen LogP contribution in [0.3, 0.4) is 0 Å². The molecular formula is C9H11N3O3. The summed E-state index contributed by atoms with van der Waals surface area (Å²) in [7, 11) is 0. The second-order valence-electron chi connectivity index (χ2n) is 3.53. The van der Waals surface area contributed by atoms with Crippen LogP contribution in [0.1, 0.15) is 18.3 Å². The third kappa shape index (κ3) is 1.58. The van der Waals surface area contributed by atoms with Gasteiger partial charge in [0, 0.05) is 13.3 Å². The molecule has 0 aliphatic carbocycles. The van der Waals surface area contributed by atoms with Crippen molar-refractivity contribution in [3.05, 3.63) is 17.7 Å². The lowest BCUT2D eigenvalue weighted by atomic mass is 10.0. The summed E-state index contributed by atoms with van der Waals surface area (Å²) < 4.78 is 0. The highest BCUT2D eigenvalue weighted by Crippen LogP contribution is 2.20. The van der Waals surface area contributed by atoms with Crippen LogP contribution in [-0.4, -0.2) is 37.9 Å². The van der Waals surface area contributed by atoms with E-state index in [0.717, 1.165) is 11.4 Å². The Bertz CT molecular complexity index is 376. The molecule has 0 saturated carbocycles. The van der Waals surface area contributed by atoms with Crippen LogP contribution in [0, 0.1) is 0 Å². The van der Waals surface area contributed by atoms with Gasteiger partial charge in [0.25, 0.3) is 0 Å². The van der Waals surface area contributed by atoms with Gasteiger partial charge in [0.2, 0.25) is 5.91 Å². The van der Waals surface area contributed by atoms with Crippen molar-refractivity contribution in [1.82, 2.24) is 14.9 Å². The number of carbonyl (C=O) groups excluding carboxylic acids is 1. The molecule has 2 heterocycles. The zero-order chi connectivity index (χ0) is 11.0. The number of rotatable bonds is 1. The molecule has 1 aliphatic heterocycles. The van der Waals surface area contributed by atoms with Crippen LogP contribution in [0.25, 0.3) is 0 Å². The Morgan fingerprint density at radius 1 is 1.67 bits per heavy atom. The molecule has 6 nitrogen and oxygen atoms in total. The molecule has 0 fully saturated rings. The number of nitrogens with one attached hydrogen (secondary N) is 1. The molecule has 6 heteroatoms. The van der Waals surface area contributed by atoms with E-state index in [2.05, 4.69) is 9.97 Å². The number of carboxylic acid groups (broad SMARTS) is 1. The van der Waals surface area contributed by atoms with Crippen LogP contribution < -0.4 is 0 Å². The Balaban J connectivity index is 2.33. The van der Waals surface area contributed by atoms with Crippen molar-refractivity contribution in [3.63, 3.8) is 0 Å². The Morgan fingerprint density at radius 2 is 2.40 bits per heavy atom. The topological polar surface area (TPSA) is 86.3 Å². The second-order valence-corrected chi connectivity index (χ2v) is 3.53. The minimum absolute atomic E-state index is 0.234. The van der Waals surface area contributed by atoms with E-state index in [4.69, 9.17) is 5.11 Å². The van der Waals surface area contributed by atoms with Crippen molar-refractivity contribution in [2.75, 3.05) is 0 Å². The van der Waals surface area contributed by atoms with E-state index in [1.165, 1.54) is 18.2 Å². The minimum atomic E-state index is -0.987. The standard InChI is InChI=1S/C9H11N3O3/c1-5(13)12-3-7-6(10-4-11-7)2-8(12)9(14)15/h4,8H,2-3H2,1H3,(H,10,11)(H,14,15)/t8-/m0/s1. The van der Waals surface area contributed by atoms with Crippen molar-refractivity contribution in [2.24, 2.45) is 0 Å². The van der Waals surface area contributed by atoms with Gasteiger partial charge in [0.1, 0.15) is 6.04 Å². The summed E-state index contributed by atoms with van der Waals surface area (Å²) in [5.41, 5.74) is 1.56. The lowest BCUT2D eigenvalue weighted by Crippen LogP contribution is -2.47. The summed E-state index contributed by atoms with van der Waals surface area (Å²) in [5.74, 6) is -1.22. The summed E-state index contributed by atoms with van der Waals surface area (Å²) in [6.07, 6.45) is 1.79. The molecule has 2 N–H and O–H groups in total. The molecule has 2 rings (SSSR count). The van der Waals surface area contributed by atoms with Crippen LogP contribution in [0.4, 0.5) is 0 Å². The molecule has 15 heavy (non-hydrogen) atoms. The number of carbonyl (C=O) groups is 2. The van der Waals surface area contributed by atoms with Gasteiger partial charge < -0.3 is 15.0 Å². The molecule has 1 atom stereocenters. The zero-order valence-electron chi connectivity index (χ0n) is 8.23. The van der Waals surface area contributed by atoms with Gasteiger partial charge in [-0.15, -0.1) is 0 Å². The molecule has 0 spiro atoms. The maximum atomic E-state index is 11.3. The van der Waals surface area contributed by atoms with Crippen LogP contribution in [0.5, 0.6) is 0 Å². The molecule has 80 valence electrons. The molecule has 1 aromatic rings. The summed E-state index contributed by atoms with van der Waals surface area (Å²) in [5, 5.41) is 8.99. The number of aliphatic carboxylic acids is 1. The molecule has 0 aromatic carbocycles. The van der Waals surface area contributed by atoms with Gasteiger partial charge in [-0.25, -0.2) is 9.78 Å². The van der Waals surface area contributed by atoms with E-state index in [-0.39, 0.29) is 12.3 Å². The van der Waals surface area contributed by atoms with Gasteiger partial charge >= 0.3 is 5.97 Å². The number of aromatic nitrogens is 2. The van der Waals surface area contributed by atoms with Crippen LogP contribution in [0.2, 0.25) is 0 Å². The lowest BCUT2D eigenvalue weighted by molar-refractivity contribution is -0.150. The summed E-state index contributed by atoms with van der Waals surface area (Å²) in [4.78, 5) is 30.5. The van der Waals surface area contributed by atoms with E-state index >= 15 is 0 Å². The molecule has 1 aliphatic rings. The quantitative estimate of drug-likeness (QED) is 0.668. The maximum Gasteiger partial charge on any atom is 0.326 e. The first-order valence-electron chi connectivity index (χ1n) is 4.60. The highest BCUT2D eigenvalue weighted by atomic mass is 16.4. The first kappa shape index (κ1) is 9.70. The number of H-pyrrole nitrogens is 1. The van der Waals surface area contributed by atoms with Gasteiger partial charge in [0.15, 0.2) is 0 Å². The Kier molecular flexibility index (Phi) is 2.18. The van der Waals surface area contributed by atoms with Crippen molar-refractivity contribution in [2.45, 2.75) is 25.9 Å². The van der Waals surface area contributed by atoms with Gasteiger partial charge in [-0.2, -0.15) is 0 Å². The average molecular weight is 209 g/mol. The van der Waals surface area contributed by atoms with E-state index in [9.17, 15) is 9.59 Å². The Labute approximate surface area is 85.9 Å². The third-order valence-corrected chi connectivity index (χ3v) is 2.59. The molecule has 0 bridgehead atoms. The van der Waals surface area contributed by atoms with E-state index in [1.54, 1.807) is 0 Å². The fourth-order valence-corrected chi connectivity index (χ4v) is 1.79. The molecular weight excluding hydrogens is 198 g/mol. The zero-order valence-corrected chi connectivity index (χ0v) is 8.23. The molecule has 0 saturated heterocycles. The number of hydrogen-bond acceptors (Lipinski definition) is 3. The van der Waals surface area contributed by atoms with E-state index in [1.807, 2.05) is 0 Å². The molecule has 0 unspecified atom stereocenters. The Morgan fingerprint density at radius 3 is 3.00 bits per heavy atom. The normalized spacial score (nSPS) is 19.8. The number of carboxylic acids is 1. The van der Waals surface area contributed by atoms with Gasteiger partial charge in [-0.1, -0.05) is 0 Å². The van der Waals surface area contributed by atoms with Gasteiger partial charge in [-0.3, -0.25) is 4.79 Å². The second kappa shape index (κ2) is 3.38. The summed E-state index contributed by atoms with van der Waals surface area (Å²) in [6.45, 7) is 1.67. The van der Waals surface area contributed by atoms with Crippen LogP contribution in [-0.2, 0) is 22.6 Å². The fourth-order valence-electron chi connectivity index (χ4n) is 1.79. The SMILES string of the molecule is CC(=O)N1Cc2[nH]cnc2C[C@H]1C(=O)O. The number of hydrogen-bond donors (Lipinski definition) is 2. The lowest BCUT2D eigenvalue weighted by Gasteiger charge is -2.31. The van der Waals surface area contributed by atoms with Gasteiger partial charge in [0.05, 0.1) is 24.3 Å². The number of nitrogens with zero attached hydrogens (tertiary/aromatic N) is 2. The van der Waals surface area contributed by atoms with Crippen molar-refractivity contribution in [3.8, 4) is 0 Å². The first-order valence-corrected chi connectivity index (χ1v) is 4.60. The maximum absolute atomic E-state index is 11.3. The number of amides is 1. The third-order valence-electron chi connectivity index (χ3n) is 2.59. The summed E-state index contributed by atoms with van der Waals surface area (Å²) in [6, 6.07) is -0.793. The monoisotopic (exact) mass is 209 g/mol. The fraction of sp³-hybridized carbons (Fsp3) is 0.444. The minimum Gasteiger partial charge on any atom is -0.480 e. The predicted molar refractivity (Wildman–Crippen MR) is 49.9 cm³/mol. The van der Waals surface area contributed by atoms with Crippen molar-refractivity contribution >= 4 is 11.9 Å². The van der Waals surface area contributed by atoms with E-state index < -0.39 is 12.0 Å². The van der Waals surface area contributed by atoms with Crippen LogP contribution >= 0.6 is 0 Å². The van der Waals surface area contributed by atoms with E-state index in [0.29, 0.717) is 6.54 Å². The largest absolute Gasteiger partial charge is 0.480 e. The van der Waals surface area contributed by atoms with Crippen molar-refractivity contribution in [1.29, 1.82) is 0 Å². The molecule has 1 aromatic heterocycles. The average Bonchev–Trinajstić information content (AvgIpc) is 2.61. The first-order chi connectivity index (χ1) is 7.09. The van der Waals surface area contributed by atoms with Gasteiger partial charge in [-0.05, 0) is 0 Å². The predicted octanol–water partition coefficient (Wildman–Crippen LogP) is -0.233. The van der Waals surface area contributed by atoms with Crippen LogP contribution in [0.15, 0.2) is 6.33 Å². The van der Waals surface area contributed by atoms with Crippen molar-refractivity contribution < 1.29 is 14.7 Å². The smallest absolute Gasteiger partial charge is 0.326 e. The highest BCUT2D eigenvalue weighted by Gasteiger charge is 2.34.